The lowest BCUT2D eigenvalue weighted by molar-refractivity contribution is 0.148. The topological polar surface area (TPSA) is 41.5 Å². The van der Waals surface area contributed by atoms with Crippen molar-refractivity contribution in [3.8, 4) is 0 Å². The third-order valence-corrected chi connectivity index (χ3v) is 3.45. The van der Waals surface area contributed by atoms with Crippen LogP contribution in [0.1, 0.15) is 30.4 Å². The van der Waals surface area contributed by atoms with Crippen LogP contribution in [0, 0.1) is 0 Å². The van der Waals surface area contributed by atoms with E-state index in [0.717, 1.165) is 25.8 Å². The van der Waals surface area contributed by atoms with E-state index in [-0.39, 0.29) is 12.1 Å². The summed E-state index contributed by atoms with van der Waals surface area (Å²) in [6.07, 6.45) is 2.95. The third-order valence-electron chi connectivity index (χ3n) is 3.45. The van der Waals surface area contributed by atoms with Crippen LogP contribution in [-0.2, 0) is 17.9 Å². The number of hydrogen-bond donors (Lipinski definition) is 2. The Bertz CT molecular complexity index is 354. The van der Waals surface area contributed by atoms with Gasteiger partial charge in [0.25, 0.3) is 0 Å². The summed E-state index contributed by atoms with van der Waals surface area (Å²) in [7, 11) is 1.71. The molecule has 0 saturated heterocycles. The van der Waals surface area contributed by atoms with Crippen molar-refractivity contribution in [3.63, 3.8) is 0 Å². The molecule has 1 aromatic carbocycles. The van der Waals surface area contributed by atoms with Gasteiger partial charge in [-0.25, -0.2) is 0 Å². The van der Waals surface area contributed by atoms with Crippen molar-refractivity contribution in [2.45, 2.75) is 44.6 Å². The lowest BCUT2D eigenvalue weighted by Crippen LogP contribution is -2.35. The molecule has 1 aromatic rings. The smallest absolute Gasteiger partial charge is 0.0716 e. The van der Waals surface area contributed by atoms with Crippen molar-refractivity contribution in [3.05, 3.63) is 35.4 Å². The number of hydrogen-bond acceptors (Lipinski definition) is 3. The molecular weight excluding hydrogens is 214 g/mol. The molecule has 0 heterocycles. The second-order valence-corrected chi connectivity index (χ2v) is 4.69. The highest BCUT2D eigenvalue weighted by atomic mass is 16.5. The van der Waals surface area contributed by atoms with Gasteiger partial charge in [-0.05, 0) is 30.4 Å². The Morgan fingerprint density at radius 1 is 1.29 bits per heavy atom. The first-order valence-electron chi connectivity index (χ1n) is 6.28. The Morgan fingerprint density at radius 3 is 2.71 bits per heavy atom. The largest absolute Gasteiger partial charge is 0.392 e. The minimum absolute atomic E-state index is 0.176. The summed E-state index contributed by atoms with van der Waals surface area (Å²) in [5, 5.41) is 13.2. The average Bonchev–Trinajstić information content (AvgIpc) is 2.74. The van der Waals surface area contributed by atoms with Gasteiger partial charge in [0.15, 0.2) is 0 Å². The van der Waals surface area contributed by atoms with Crippen LogP contribution in [0.25, 0.3) is 0 Å². The molecule has 1 aliphatic rings. The van der Waals surface area contributed by atoms with Crippen LogP contribution in [0.5, 0.6) is 0 Å². The highest BCUT2D eigenvalue weighted by Crippen LogP contribution is 2.19. The monoisotopic (exact) mass is 235 g/mol. The summed E-state index contributed by atoms with van der Waals surface area (Å²) in [5.74, 6) is 0. The maximum atomic E-state index is 9.75. The van der Waals surface area contributed by atoms with Crippen molar-refractivity contribution in [2.24, 2.45) is 0 Å². The minimum atomic E-state index is -0.176. The number of aliphatic hydroxyl groups is 1. The van der Waals surface area contributed by atoms with Crippen LogP contribution >= 0.6 is 0 Å². The van der Waals surface area contributed by atoms with E-state index in [4.69, 9.17) is 4.74 Å². The highest BCUT2D eigenvalue weighted by molar-refractivity contribution is 5.26. The fourth-order valence-electron chi connectivity index (χ4n) is 2.45. The standard InChI is InChI=1S/C14H21NO2/c1-17-10-12-6-3-2-5-11(12)9-15-13-7-4-8-14(13)16/h2-3,5-6,13-16H,4,7-10H2,1H3/t13-,14-/m0/s1. The Labute approximate surface area is 103 Å². The number of ether oxygens (including phenoxy) is 1. The number of methoxy groups -OCH3 is 1. The van der Waals surface area contributed by atoms with Gasteiger partial charge >= 0.3 is 0 Å². The van der Waals surface area contributed by atoms with Gasteiger partial charge in [-0.3, -0.25) is 0 Å². The SMILES string of the molecule is COCc1ccccc1CN[C@H]1CCC[C@@H]1O. The summed E-state index contributed by atoms with van der Waals surface area (Å²) in [6.45, 7) is 1.45. The molecule has 3 heteroatoms. The Balaban J connectivity index is 1.93. The number of aliphatic hydroxyl groups excluding tert-OH is 1. The van der Waals surface area contributed by atoms with Crippen molar-refractivity contribution in [1.29, 1.82) is 0 Å². The fraction of sp³-hybridized carbons (Fsp3) is 0.571. The van der Waals surface area contributed by atoms with Gasteiger partial charge in [-0.2, -0.15) is 0 Å². The number of benzene rings is 1. The highest BCUT2D eigenvalue weighted by Gasteiger charge is 2.24. The molecule has 0 bridgehead atoms. The van der Waals surface area contributed by atoms with Crippen LogP contribution in [-0.4, -0.2) is 24.4 Å². The quantitative estimate of drug-likeness (QED) is 0.818. The van der Waals surface area contributed by atoms with E-state index in [1.54, 1.807) is 7.11 Å². The maximum Gasteiger partial charge on any atom is 0.0716 e. The van der Waals surface area contributed by atoms with Crippen LogP contribution < -0.4 is 5.32 Å². The van der Waals surface area contributed by atoms with Crippen LogP contribution in [0.15, 0.2) is 24.3 Å². The van der Waals surface area contributed by atoms with E-state index < -0.39 is 0 Å². The van der Waals surface area contributed by atoms with Crippen molar-refractivity contribution in [1.82, 2.24) is 5.32 Å². The predicted octanol–water partition coefficient (Wildman–Crippen LogP) is 1.84. The van der Waals surface area contributed by atoms with Crippen LogP contribution in [0.4, 0.5) is 0 Å². The molecular formula is C14H21NO2. The van der Waals surface area contributed by atoms with E-state index in [0.29, 0.717) is 6.61 Å². The molecule has 0 radical (unpaired) electrons. The van der Waals surface area contributed by atoms with Gasteiger partial charge in [0, 0.05) is 19.7 Å². The zero-order valence-electron chi connectivity index (χ0n) is 10.4. The minimum Gasteiger partial charge on any atom is -0.392 e. The third kappa shape index (κ3) is 3.28. The summed E-state index contributed by atoms with van der Waals surface area (Å²) >= 11 is 0. The maximum absolute atomic E-state index is 9.75. The van der Waals surface area contributed by atoms with Gasteiger partial charge in [-0.15, -0.1) is 0 Å². The van der Waals surface area contributed by atoms with Gasteiger partial charge in [-0.1, -0.05) is 24.3 Å². The lowest BCUT2D eigenvalue weighted by Gasteiger charge is -2.17. The first kappa shape index (κ1) is 12.6. The normalized spacial score (nSPS) is 24.1. The summed E-state index contributed by atoms with van der Waals surface area (Å²) in [6, 6.07) is 8.53. The molecule has 2 N–H and O–H groups in total. The molecule has 1 aliphatic carbocycles. The second kappa shape index (κ2) is 6.15. The van der Waals surface area contributed by atoms with E-state index in [1.807, 2.05) is 12.1 Å². The lowest BCUT2D eigenvalue weighted by atomic mass is 10.1. The van der Waals surface area contributed by atoms with Crippen molar-refractivity contribution < 1.29 is 9.84 Å². The van der Waals surface area contributed by atoms with E-state index in [2.05, 4.69) is 17.4 Å². The van der Waals surface area contributed by atoms with E-state index >= 15 is 0 Å². The first-order valence-corrected chi connectivity index (χ1v) is 6.28. The predicted molar refractivity (Wildman–Crippen MR) is 67.6 cm³/mol. The Hall–Kier alpha value is -0.900. The Morgan fingerprint density at radius 2 is 2.06 bits per heavy atom. The zero-order valence-corrected chi connectivity index (χ0v) is 10.4. The van der Waals surface area contributed by atoms with E-state index in [1.165, 1.54) is 11.1 Å². The van der Waals surface area contributed by atoms with Gasteiger partial charge in [0.1, 0.15) is 0 Å². The van der Waals surface area contributed by atoms with Gasteiger partial charge in [0.2, 0.25) is 0 Å². The average molecular weight is 235 g/mol. The van der Waals surface area contributed by atoms with Gasteiger partial charge in [0.05, 0.1) is 12.7 Å². The van der Waals surface area contributed by atoms with Crippen LogP contribution in [0.2, 0.25) is 0 Å². The van der Waals surface area contributed by atoms with E-state index in [9.17, 15) is 5.11 Å². The molecule has 94 valence electrons. The molecule has 0 spiro atoms. The molecule has 3 nitrogen and oxygen atoms in total. The molecule has 17 heavy (non-hydrogen) atoms. The molecule has 2 atom stereocenters. The molecule has 2 rings (SSSR count). The van der Waals surface area contributed by atoms with Crippen LogP contribution in [0.3, 0.4) is 0 Å². The molecule has 1 saturated carbocycles. The number of rotatable bonds is 5. The molecule has 0 amide bonds. The molecule has 0 aromatic heterocycles. The summed E-state index contributed by atoms with van der Waals surface area (Å²) in [4.78, 5) is 0. The zero-order chi connectivity index (χ0) is 12.1. The summed E-state index contributed by atoms with van der Waals surface area (Å²) < 4.78 is 5.18. The first-order chi connectivity index (χ1) is 8.31. The van der Waals surface area contributed by atoms with Crippen molar-refractivity contribution >= 4 is 0 Å². The second-order valence-electron chi connectivity index (χ2n) is 4.69. The Kier molecular flexibility index (Phi) is 4.54. The molecule has 1 fully saturated rings. The summed E-state index contributed by atoms with van der Waals surface area (Å²) in [5.41, 5.74) is 2.48. The molecule has 0 aliphatic heterocycles. The number of nitrogens with one attached hydrogen (secondary N) is 1. The van der Waals surface area contributed by atoms with Crippen molar-refractivity contribution in [2.75, 3.05) is 7.11 Å². The molecule has 0 unspecified atom stereocenters. The fourth-order valence-corrected chi connectivity index (χ4v) is 2.45. The van der Waals surface area contributed by atoms with Gasteiger partial charge < -0.3 is 15.2 Å².